The number of rotatable bonds is 11. The Morgan fingerprint density at radius 2 is 1.83 bits per heavy atom. The summed E-state index contributed by atoms with van der Waals surface area (Å²) in [5.41, 5.74) is 2.05. The Morgan fingerprint density at radius 1 is 1.10 bits per heavy atom. The Balaban J connectivity index is 1.60. The van der Waals surface area contributed by atoms with E-state index >= 15 is 0 Å². The quantitative estimate of drug-likeness (QED) is 0.458. The number of aromatic nitrogens is 2. The highest BCUT2D eigenvalue weighted by atomic mass is 16.5. The molecule has 2 aromatic carbocycles. The summed E-state index contributed by atoms with van der Waals surface area (Å²) in [5, 5.41) is 3.07. The standard InChI is InChI=1S/C24H31N3O3/c1-4-9-23(28)25-18(2)24-26-21-10-5-6-11-22(21)27(24)16-7-8-17-30-20-14-12-19(29-3)13-15-20/h5-6,10-15,18H,4,7-9,16-17H2,1-3H3,(H,25,28). The minimum Gasteiger partial charge on any atom is -0.497 e. The van der Waals surface area contributed by atoms with Gasteiger partial charge in [0.15, 0.2) is 0 Å². The van der Waals surface area contributed by atoms with Crippen molar-refractivity contribution < 1.29 is 14.3 Å². The molecule has 1 aromatic heterocycles. The van der Waals surface area contributed by atoms with Gasteiger partial charge >= 0.3 is 0 Å². The molecule has 0 bridgehead atoms. The van der Waals surface area contributed by atoms with Crippen molar-refractivity contribution in [2.45, 2.75) is 52.1 Å². The molecule has 1 unspecified atom stereocenters. The lowest BCUT2D eigenvalue weighted by Gasteiger charge is -2.16. The number of aryl methyl sites for hydroxylation is 1. The number of unbranched alkanes of at least 4 members (excludes halogenated alkanes) is 1. The van der Waals surface area contributed by atoms with Gasteiger partial charge in [0.05, 0.1) is 30.8 Å². The molecule has 1 heterocycles. The molecule has 0 aliphatic rings. The van der Waals surface area contributed by atoms with Gasteiger partial charge in [-0.25, -0.2) is 4.98 Å². The van der Waals surface area contributed by atoms with Crippen molar-refractivity contribution in [1.29, 1.82) is 0 Å². The molecule has 6 heteroatoms. The number of amides is 1. The number of carbonyl (C=O) groups excluding carboxylic acids is 1. The Labute approximate surface area is 178 Å². The third-order valence-corrected chi connectivity index (χ3v) is 5.03. The Kier molecular flexibility index (Phi) is 7.71. The summed E-state index contributed by atoms with van der Waals surface area (Å²) in [7, 11) is 1.65. The predicted octanol–water partition coefficient (Wildman–Crippen LogP) is 4.88. The summed E-state index contributed by atoms with van der Waals surface area (Å²) >= 11 is 0. The lowest BCUT2D eigenvalue weighted by molar-refractivity contribution is -0.121. The maximum absolute atomic E-state index is 12.1. The zero-order valence-electron chi connectivity index (χ0n) is 18.1. The third-order valence-electron chi connectivity index (χ3n) is 5.03. The molecule has 0 aliphatic carbocycles. The van der Waals surface area contributed by atoms with Crippen LogP contribution in [0.2, 0.25) is 0 Å². The van der Waals surface area contributed by atoms with E-state index in [1.54, 1.807) is 7.11 Å². The smallest absolute Gasteiger partial charge is 0.220 e. The fourth-order valence-electron chi connectivity index (χ4n) is 3.50. The molecule has 0 radical (unpaired) electrons. The number of imidazole rings is 1. The van der Waals surface area contributed by atoms with Crippen LogP contribution >= 0.6 is 0 Å². The van der Waals surface area contributed by atoms with E-state index in [4.69, 9.17) is 14.5 Å². The number of fused-ring (bicyclic) bond motifs is 1. The van der Waals surface area contributed by atoms with Crippen molar-refractivity contribution in [3.63, 3.8) is 0 Å². The summed E-state index contributed by atoms with van der Waals surface area (Å²) in [5.74, 6) is 2.63. The van der Waals surface area contributed by atoms with E-state index in [2.05, 4.69) is 16.0 Å². The van der Waals surface area contributed by atoms with Gasteiger partial charge in [0.1, 0.15) is 17.3 Å². The molecule has 0 aliphatic heterocycles. The van der Waals surface area contributed by atoms with Crippen molar-refractivity contribution in [1.82, 2.24) is 14.9 Å². The average molecular weight is 410 g/mol. The van der Waals surface area contributed by atoms with E-state index in [9.17, 15) is 4.79 Å². The predicted molar refractivity (Wildman–Crippen MR) is 119 cm³/mol. The van der Waals surface area contributed by atoms with E-state index in [-0.39, 0.29) is 11.9 Å². The zero-order valence-corrected chi connectivity index (χ0v) is 18.1. The van der Waals surface area contributed by atoms with Gasteiger partial charge in [-0.2, -0.15) is 0 Å². The fourth-order valence-corrected chi connectivity index (χ4v) is 3.50. The number of hydrogen-bond donors (Lipinski definition) is 1. The molecule has 0 spiro atoms. The van der Waals surface area contributed by atoms with Crippen LogP contribution in [0.4, 0.5) is 0 Å². The first kappa shape index (κ1) is 21.7. The second-order valence-corrected chi connectivity index (χ2v) is 7.38. The number of carbonyl (C=O) groups is 1. The van der Waals surface area contributed by atoms with E-state index in [1.165, 1.54) is 0 Å². The second-order valence-electron chi connectivity index (χ2n) is 7.38. The number of nitrogens with one attached hydrogen (secondary N) is 1. The topological polar surface area (TPSA) is 65.4 Å². The number of ether oxygens (including phenoxy) is 2. The van der Waals surface area contributed by atoms with Gasteiger partial charge in [-0.1, -0.05) is 19.1 Å². The molecule has 1 amide bonds. The SMILES string of the molecule is CCCC(=O)NC(C)c1nc2ccccc2n1CCCCOc1ccc(OC)cc1. The van der Waals surface area contributed by atoms with Crippen LogP contribution in [-0.2, 0) is 11.3 Å². The summed E-state index contributed by atoms with van der Waals surface area (Å²) in [6.07, 6.45) is 3.25. The Bertz CT molecular complexity index is 950. The first-order valence-electron chi connectivity index (χ1n) is 10.6. The van der Waals surface area contributed by atoms with Crippen LogP contribution in [-0.4, -0.2) is 29.2 Å². The molecule has 0 fully saturated rings. The maximum atomic E-state index is 12.1. The van der Waals surface area contributed by atoms with Gasteiger partial charge in [0.25, 0.3) is 0 Å². The van der Waals surface area contributed by atoms with Gasteiger partial charge in [0, 0.05) is 13.0 Å². The van der Waals surface area contributed by atoms with E-state index in [0.29, 0.717) is 13.0 Å². The number of benzene rings is 2. The minimum atomic E-state index is -0.132. The summed E-state index contributed by atoms with van der Waals surface area (Å²) in [4.78, 5) is 16.8. The molecule has 30 heavy (non-hydrogen) atoms. The third kappa shape index (κ3) is 5.53. The highest BCUT2D eigenvalue weighted by Crippen LogP contribution is 2.22. The number of para-hydroxylation sites is 2. The van der Waals surface area contributed by atoms with E-state index in [1.807, 2.05) is 56.3 Å². The normalized spacial score (nSPS) is 12.0. The lowest BCUT2D eigenvalue weighted by atomic mass is 10.2. The molecule has 6 nitrogen and oxygen atoms in total. The van der Waals surface area contributed by atoms with Crippen LogP contribution < -0.4 is 14.8 Å². The van der Waals surface area contributed by atoms with Crippen molar-refractivity contribution in [3.05, 3.63) is 54.4 Å². The van der Waals surface area contributed by atoms with E-state index in [0.717, 1.165) is 54.2 Å². The van der Waals surface area contributed by atoms with Crippen LogP contribution in [0.5, 0.6) is 11.5 Å². The van der Waals surface area contributed by atoms with Crippen LogP contribution in [0, 0.1) is 0 Å². The van der Waals surface area contributed by atoms with Gasteiger partial charge in [-0.15, -0.1) is 0 Å². The van der Waals surface area contributed by atoms with Crippen LogP contribution in [0.1, 0.15) is 51.4 Å². The number of methoxy groups -OCH3 is 1. The zero-order chi connectivity index (χ0) is 21.3. The highest BCUT2D eigenvalue weighted by molar-refractivity contribution is 5.78. The van der Waals surface area contributed by atoms with Crippen molar-refractivity contribution in [3.8, 4) is 11.5 Å². The maximum Gasteiger partial charge on any atom is 0.220 e. The van der Waals surface area contributed by atoms with E-state index < -0.39 is 0 Å². The fraction of sp³-hybridized carbons (Fsp3) is 0.417. The van der Waals surface area contributed by atoms with Gasteiger partial charge in [0.2, 0.25) is 5.91 Å². The van der Waals surface area contributed by atoms with Gasteiger partial charge in [-0.3, -0.25) is 4.79 Å². The molecular weight excluding hydrogens is 378 g/mol. The first-order chi connectivity index (χ1) is 14.6. The molecule has 160 valence electrons. The first-order valence-corrected chi connectivity index (χ1v) is 10.6. The number of nitrogens with zero attached hydrogens (tertiary/aromatic N) is 2. The van der Waals surface area contributed by atoms with Crippen molar-refractivity contribution in [2.75, 3.05) is 13.7 Å². The largest absolute Gasteiger partial charge is 0.497 e. The average Bonchev–Trinajstić information content (AvgIpc) is 3.13. The molecule has 0 saturated carbocycles. The molecule has 1 atom stereocenters. The molecule has 3 rings (SSSR count). The highest BCUT2D eigenvalue weighted by Gasteiger charge is 2.17. The van der Waals surface area contributed by atoms with Crippen molar-refractivity contribution in [2.24, 2.45) is 0 Å². The monoisotopic (exact) mass is 409 g/mol. The van der Waals surface area contributed by atoms with Crippen molar-refractivity contribution >= 4 is 16.9 Å². The molecular formula is C24H31N3O3. The van der Waals surface area contributed by atoms with Crippen LogP contribution in [0.3, 0.4) is 0 Å². The minimum absolute atomic E-state index is 0.0662. The van der Waals surface area contributed by atoms with Crippen LogP contribution in [0.15, 0.2) is 48.5 Å². The molecule has 0 saturated heterocycles. The summed E-state index contributed by atoms with van der Waals surface area (Å²) in [6, 6.07) is 15.6. The number of hydrogen-bond acceptors (Lipinski definition) is 4. The lowest BCUT2D eigenvalue weighted by Crippen LogP contribution is -2.28. The molecule has 3 aromatic rings. The Morgan fingerprint density at radius 3 is 2.57 bits per heavy atom. The van der Waals surface area contributed by atoms with Crippen LogP contribution in [0.25, 0.3) is 11.0 Å². The Hall–Kier alpha value is -3.02. The summed E-state index contributed by atoms with van der Waals surface area (Å²) < 4.78 is 13.2. The van der Waals surface area contributed by atoms with Gasteiger partial charge in [-0.05, 0) is 62.6 Å². The van der Waals surface area contributed by atoms with Gasteiger partial charge < -0.3 is 19.4 Å². The summed E-state index contributed by atoms with van der Waals surface area (Å²) in [6.45, 7) is 5.48. The second kappa shape index (κ2) is 10.7. The molecule has 1 N–H and O–H groups in total.